The third kappa shape index (κ3) is 7.69. The lowest BCUT2D eigenvalue weighted by atomic mass is 9.90. The average Bonchev–Trinajstić information content (AvgIpc) is 3.24. The molecule has 172 valence electrons. The first-order chi connectivity index (χ1) is 14.5. The van der Waals surface area contributed by atoms with Gasteiger partial charge in [0.2, 0.25) is 0 Å². The average molecular weight is 427 g/mol. The smallest absolute Gasteiger partial charge is 0.306 e. The number of fused-ring (bicyclic) bond motifs is 1. The first-order valence-corrected chi connectivity index (χ1v) is 11.3. The molecule has 0 amide bonds. The highest BCUT2D eigenvalue weighted by Gasteiger charge is 2.46. The van der Waals surface area contributed by atoms with Crippen molar-refractivity contribution in [2.45, 2.75) is 89.1 Å². The molecule has 5 unspecified atom stereocenters. The summed E-state index contributed by atoms with van der Waals surface area (Å²) < 4.78 is 10.9. The highest BCUT2D eigenvalue weighted by molar-refractivity contribution is 5.69. The van der Waals surface area contributed by atoms with E-state index >= 15 is 0 Å². The van der Waals surface area contributed by atoms with Gasteiger partial charge in [0.15, 0.2) is 0 Å². The molecule has 0 bridgehead atoms. The first kappa shape index (κ1) is 24.9. The molecule has 0 aromatic carbocycles. The number of carbonyl (C=O) groups is 1. The topological polar surface area (TPSA) is 116 Å². The predicted molar refractivity (Wildman–Crippen MR) is 112 cm³/mol. The van der Waals surface area contributed by atoms with E-state index in [1.807, 2.05) is 18.2 Å². The van der Waals surface area contributed by atoms with Crippen molar-refractivity contribution in [1.29, 1.82) is 0 Å². The van der Waals surface area contributed by atoms with Crippen molar-refractivity contribution in [3.05, 3.63) is 24.0 Å². The number of aliphatic hydroxyl groups is 4. The van der Waals surface area contributed by atoms with Crippen molar-refractivity contribution in [3.63, 3.8) is 0 Å². The Morgan fingerprint density at radius 1 is 1.27 bits per heavy atom. The van der Waals surface area contributed by atoms with Crippen LogP contribution in [0.5, 0.6) is 0 Å². The summed E-state index contributed by atoms with van der Waals surface area (Å²) in [6, 6.07) is 0. The fourth-order valence-corrected chi connectivity index (χ4v) is 4.23. The minimum Gasteiger partial charge on any atom is -0.495 e. The Morgan fingerprint density at radius 3 is 2.73 bits per heavy atom. The van der Waals surface area contributed by atoms with Gasteiger partial charge >= 0.3 is 5.97 Å². The molecule has 0 spiro atoms. The van der Waals surface area contributed by atoms with Crippen LogP contribution >= 0.6 is 0 Å². The van der Waals surface area contributed by atoms with Crippen LogP contribution in [-0.2, 0) is 14.3 Å². The maximum Gasteiger partial charge on any atom is 0.306 e. The summed E-state index contributed by atoms with van der Waals surface area (Å²) in [6.45, 7) is 1.36. The van der Waals surface area contributed by atoms with E-state index < -0.39 is 24.3 Å². The number of aliphatic hydroxyl groups excluding tert-OH is 4. The zero-order valence-corrected chi connectivity index (χ0v) is 18.0. The summed E-state index contributed by atoms with van der Waals surface area (Å²) in [5, 5.41) is 38.3. The second-order valence-electron chi connectivity index (χ2n) is 8.39. The van der Waals surface area contributed by atoms with Crippen molar-refractivity contribution in [1.82, 2.24) is 0 Å². The molecule has 5 atom stereocenters. The molecule has 30 heavy (non-hydrogen) atoms. The first-order valence-electron chi connectivity index (χ1n) is 11.3. The fraction of sp³-hybridized carbons (Fsp3) is 0.783. The van der Waals surface area contributed by atoms with E-state index in [1.54, 1.807) is 0 Å². The number of unbranched alkanes of at least 4 members (excludes halogenated alkanes) is 3. The molecule has 4 N–H and O–H groups in total. The molecule has 7 nitrogen and oxygen atoms in total. The maximum atomic E-state index is 11.7. The van der Waals surface area contributed by atoms with Gasteiger partial charge in [0.05, 0.1) is 31.2 Å². The highest BCUT2D eigenvalue weighted by Crippen LogP contribution is 2.45. The van der Waals surface area contributed by atoms with E-state index in [9.17, 15) is 15.0 Å². The van der Waals surface area contributed by atoms with Gasteiger partial charge < -0.3 is 29.9 Å². The van der Waals surface area contributed by atoms with Gasteiger partial charge in [-0.25, -0.2) is 0 Å². The number of ether oxygens (including phenoxy) is 2. The van der Waals surface area contributed by atoms with E-state index in [4.69, 9.17) is 19.7 Å². The third-order valence-electron chi connectivity index (χ3n) is 5.95. The summed E-state index contributed by atoms with van der Waals surface area (Å²) >= 11 is 0. The van der Waals surface area contributed by atoms with E-state index in [1.165, 1.54) is 0 Å². The Kier molecular flexibility index (Phi) is 10.9. The SMILES string of the molecule is CCCCCC(O)C=CC1C(O)CC2OC(=CCCCC(=O)OC(CO)CO)CC21. The molecule has 1 aliphatic carbocycles. The van der Waals surface area contributed by atoms with Crippen molar-refractivity contribution in [2.24, 2.45) is 11.8 Å². The number of carbonyl (C=O) groups excluding carboxylic acids is 1. The Labute approximate surface area is 179 Å². The number of rotatable bonds is 13. The molecular formula is C23H38O7. The number of hydrogen-bond donors (Lipinski definition) is 4. The second kappa shape index (κ2) is 13.1. The minimum atomic E-state index is -0.852. The van der Waals surface area contributed by atoms with E-state index in [2.05, 4.69) is 6.92 Å². The lowest BCUT2D eigenvalue weighted by Gasteiger charge is -2.16. The molecule has 1 saturated carbocycles. The van der Waals surface area contributed by atoms with Gasteiger partial charge in [-0.2, -0.15) is 0 Å². The van der Waals surface area contributed by atoms with Crippen LogP contribution in [0.2, 0.25) is 0 Å². The Bertz CT molecular complexity index is 570. The second-order valence-corrected chi connectivity index (χ2v) is 8.39. The summed E-state index contributed by atoms with van der Waals surface area (Å²) in [5.74, 6) is 0.669. The van der Waals surface area contributed by atoms with Gasteiger partial charge in [0.25, 0.3) is 0 Å². The summed E-state index contributed by atoms with van der Waals surface area (Å²) in [4.78, 5) is 11.7. The van der Waals surface area contributed by atoms with Crippen LogP contribution in [0.1, 0.15) is 64.7 Å². The molecule has 1 saturated heterocycles. The maximum absolute atomic E-state index is 11.7. The summed E-state index contributed by atoms with van der Waals surface area (Å²) in [7, 11) is 0. The van der Waals surface area contributed by atoms with Crippen LogP contribution < -0.4 is 0 Å². The standard InChI is InChI=1S/C23H38O7/c1-2-3-4-7-16(26)10-11-19-20-12-17(29-22(20)13-21(19)27)8-5-6-9-23(28)30-18(14-24)15-25/h8,10-11,16,18-22,24-27H,2-7,9,12-15H2,1H3. The molecule has 0 aromatic rings. The van der Waals surface area contributed by atoms with Gasteiger partial charge in [-0.3, -0.25) is 4.79 Å². The van der Waals surface area contributed by atoms with Gasteiger partial charge in [-0.15, -0.1) is 0 Å². The van der Waals surface area contributed by atoms with Crippen molar-refractivity contribution >= 4 is 5.97 Å². The molecule has 7 heteroatoms. The van der Waals surface area contributed by atoms with Crippen LogP contribution in [0.25, 0.3) is 0 Å². The number of esters is 1. The zero-order chi connectivity index (χ0) is 21.9. The van der Waals surface area contributed by atoms with E-state index in [-0.39, 0.29) is 37.6 Å². The lowest BCUT2D eigenvalue weighted by molar-refractivity contribution is -0.153. The Hall–Kier alpha value is -1.41. The highest BCUT2D eigenvalue weighted by atomic mass is 16.6. The lowest BCUT2D eigenvalue weighted by Crippen LogP contribution is -2.25. The van der Waals surface area contributed by atoms with Crippen LogP contribution in [0.15, 0.2) is 24.0 Å². The number of hydrogen-bond acceptors (Lipinski definition) is 7. The quantitative estimate of drug-likeness (QED) is 0.203. The van der Waals surface area contributed by atoms with Crippen molar-refractivity contribution in [3.8, 4) is 0 Å². The van der Waals surface area contributed by atoms with Gasteiger partial charge in [-0.05, 0) is 25.3 Å². The Morgan fingerprint density at radius 2 is 2.03 bits per heavy atom. The monoisotopic (exact) mass is 426 g/mol. The molecule has 2 aliphatic rings. The fourth-order valence-electron chi connectivity index (χ4n) is 4.23. The van der Waals surface area contributed by atoms with Crippen LogP contribution in [0, 0.1) is 11.8 Å². The zero-order valence-electron chi connectivity index (χ0n) is 18.0. The molecule has 1 heterocycles. The molecule has 2 fully saturated rings. The van der Waals surface area contributed by atoms with Crippen LogP contribution in [-0.4, -0.2) is 64.0 Å². The minimum absolute atomic E-state index is 0.00188. The largest absolute Gasteiger partial charge is 0.495 e. The molecule has 2 rings (SSSR count). The normalized spacial score (nSPS) is 28.3. The molecule has 0 aromatic heterocycles. The van der Waals surface area contributed by atoms with E-state index in [0.717, 1.165) is 37.9 Å². The Balaban J connectivity index is 1.75. The van der Waals surface area contributed by atoms with Gasteiger partial charge in [0, 0.05) is 31.1 Å². The molecule has 1 aliphatic heterocycles. The van der Waals surface area contributed by atoms with Gasteiger partial charge in [-0.1, -0.05) is 38.3 Å². The summed E-state index contributed by atoms with van der Waals surface area (Å²) in [6.07, 6.45) is 10.9. The summed E-state index contributed by atoms with van der Waals surface area (Å²) in [5.41, 5.74) is 0. The molecule has 0 radical (unpaired) electrons. The number of allylic oxidation sites excluding steroid dienone is 2. The van der Waals surface area contributed by atoms with Crippen molar-refractivity contribution < 1.29 is 34.7 Å². The predicted octanol–water partition coefficient (Wildman–Crippen LogP) is 2.22. The van der Waals surface area contributed by atoms with Crippen LogP contribution in [0.3, 0.4) is 0 Å². The molecular weight excluding hydrogens is 388 g/mol. The van der Waals surface area contributed by atoms with Gasteiger partial charge in [0.1, 0.15) is 12.2 Å². The third-order valence-corrected chi connectivity index (χ3v) is 5.95. The van der Waals surface area contributed by atoms with E-state index in [0.29, 0.717) is 19.3 Å². The van der Waals surface area contributed by atoms with Crippen molar-refractivity contribution in [2.75, 3.05) is 13.2 Å². The van der Waals surface area contributed by atoms with Crippen LogP contribution in [0.4, 0.5) is 0 Å².